The summed E-state index contributed by atoms with van der Waals surface area (Å²) in [6.45, 7) is 2.12. The molecule has 5 N–H and O–H groups in total. The van der Waals surface area contributed by atoms with Crippen molar-refractivity contribution in [2.24, 2.45) is 12.2 Å². The summed E-state index contributed by atoms with van der Waals surface area (Å²) in [6, 6.07) is 0.822. The van der Waals surface area contributed by atoms with Crippen LogP contribution in [0.3, 0.4) is 0 Å². The molecule has 1 saturated heterocycles. The number of amides is 2. The number of aryl methyl sites for hydroxylation is 1. The second-order valence-electron chi connectivity index (χ2n) is 9.13. The minimum absolute atomic E-state index is 0.0669. The summed E-state index contributed by atoms with van der Waals surface area (Å²) in [7, 11) is -3.15. The van der Waals surface area contributed by atoms with Crippen molar-refractivity contribution in [2.45, 2.75) is 38.1 Å². The van der Waals surface area contributed by atoms with Crippen LogP contribution in [0.15, 0.2) is 41.3 Å². The first-order chi connectivity index (χ1) is 18.7. The summed E-state index contributed by atoms with van der Waals surface area (Å²) >= 11 is 0.963. The minimum atomic E-state index is -4.99. The number of nitrogens with one attached hydrogen (secondary N) is 1. The quantitative estimate of drug-likeness (QED) is 0.0696. The normalized spacial score (nSPS) is 17.9. The summed E-state index contributed by atoms with van der Waals surface area (Å²) in [6.07, 6.45) is 5.09. The number of aromatic nitrogens is 5. The minimum Gasteiger partial charge on any atom is -0.478 e. The van der Waals surface area contributed by atoms with Crippen LogP contribution in [-0.4, -0.2) is 83.5 Å². The number of oxime groups is 1. The highest BCUT2D eigenvalue weighted by atomic mass is 32.2. The van der Waals surface area contributed by atoms with Gasteiger partial charge >= 0.3 is 16.3 Å². The van der Waals surface area contributed by atoms with E-state index in [4.69, 9.17) is 10.6 Å². The lowest BCUT2D eigenvalue weighted by Gasteiger charge is -2.43. The highest BCUT2D eigenvalue weighted by molar-refractivity contribution is 7.84. The Morgan fingerprint density at radius 1 is 1.32 bits per heavy atom. The molecule has 3 aromatic heterocycles. The number of pyridine rings is 1. The molecule has 0 bridgehead atoms. The van der Waals surface area contributed by atoms with E-state index in [9.17, 15) is 32.5 Å². The molecule has 0 radical (unpaired) electrons. The Morgan fingerprint density at radius 3 is 2.58 bits per heavy atom. The number of β-lactam (4-membered cyclic amide) rings is 1. The van der Waals surface area contributed by atoms with Gasteiger partial charge in [-0.1, -0.05) is 10.4 Å². The Hall–Kier alpha value is -4.49. The molecule has 0 aliphatic carbocycles. The number of anilines is 1. The van der Waals surface area contributed by atoms with Crippen molar-refractivity contribution >= 4 is 50.3 Å². The lowest BCUT2D eigenvalue weighted by molar-refractivity contribution is -0.671. The molecular weight excluding hydrogens is 570 g/mol. The third-order valence-electron chi connectivity index (χ3n) is 5.75. The maximum atomic E-state index is 13.2. The highest BCUT2D eigenvalue weighted by Crippen LogP contribution is 2.26. The van der Waals surface area contributed by atoms with E-state index in [1.165, 1.54) is 30.1 Å². The van der Waals surface area contributed by atoms with Gasteiger partial charge in [0.25, 0.3) is 11.8 Å². The average molecular weight is 595 g/mol. The van der Waals surface area contributed by atoms with Gasteiger partial charge in [0.05, 0.1) is 18.8 Å². The Labute approximate surface area is 230 Å². The molecule has 4 rings (SSSR count). The van der Waals surface area contributed by atoms with Crippen LogP contribution in [0, 0.1) is 0 Å². The molecule has 2 unspecified atom stereocenters. The number of carbonyl (C=O) groups is 3. The van der Waals surface area contributed by atoms with Crippen LogP contribution in [-0.2, 0) is 43.1 Å². The topological polar surface area (TPSA) is 236 Å². The molecule has 17 nitrogen and oxygen atoms in total. The van der Waals surface area contributed by atoms with E-state index in [-0.39, 0.29) is 21.7 Å². The SMILES string of the molecule is C[n+]1ccc(-c2cn(CC3C(NC(=O)/C(=N\OC(C)(C)C(=O)O)c4csc(N)n4)C(=O)N3S(=O)(=O)O)nn2)cc1. The summed E-state index contributed by atoms with van der Waals surface area (Å²) in [5, 5.41) is 24.7. The van der Waals surface area contributed by atoms with Crippen molar-refractivity contribution in [1.29, 1.82) is 0 Å². The summed E-state index contributed by atoms with van der Waals surface area (Å²) in [5.41, 5.74) is 4.41. The van der Waals surface area contributed by atoms with E-state index in [1.54, 1.807) is 24.5 Å². The summed E-state index contributed by atoms with van der Waals surface area (Å²) in [5.74, 6) is -3.54. The van der Waals surface area contributed by atoms with Gasteiger partial charge < -0.3 is 21.0 Å². The van der Waals surface area contributed by atoms with Crippen molar-refractivity contribution in [2.75, 3.05) is 5.73 Å². The van der Waals surface area contributed by atoms with E-state index < -0.39 is 51.5 Å². The van der Waals surface area contributed by atoms with Crippen molar-refractivity contribution in [1.82, 2.24) is 29.6 Å². The molecule has 0 aromatic carbocycles. The Balaban J connectivity index is 1.59. The third kappa shape index (κ3) is 5.90. The zero-order chi connectivity index (χ0) is 29.4. The van der Waals surface area contributed by atoms with Crippen molar-refractivity contribution in [3.05, 3.63) is 41.8 Å². The van der Waals surface area contributed by atoms with Gasteiger partial charge in [-0.3, -0.25) is 14.1 Å². The van der Waals surface area contributed by atoms with Gasteiger partial charge in [0.15, 0.2) is 23.2 Å². The number of carbonyl (C=O) groups excluding carboxylic acids is 2. The molecular formula is C21H24N9O8S2+. The molecule has 0 spiro atoms. The lowest BCUT2D eigenvalue weighted by atomic mass is 9.98. The zero-order valence-electron chi connectivity index (χ0n) is 21.2. The molecule has 1 fully saturated rings. The van der Waals surface area contributed by atoms with E-state index in [1.807, 2.05) is 11.6 Å². The van der Waals surface area contributed by atoms with Crippen molar-refractivity contribution in [3.8, 4) is 11.3 Å². The van der Waals surface area contributed by atoms with Crippen LogP contribution >= 0.6 is 11.3 Å². The molecule has 19 heteroatoms. The molecule has 1 aliphatic rings. The fraction of sp³-hybridized carbons (Fsp3) is 0.333. The van der Waals surface area contributed by atoms with Crippen LogP contribution < -0.4 is 15.6 Å². The first kappa shape index (κ1) is 28.5. The number of aliphatic carboxylic acids is 1. The van der Waals surface area contributed by atoms with Gasteiger partial charge in [-0.25, -0.2) is 23.3 Å². The fourth-order valence-corrected chi connectivity index (χ4v) is 4.95. The van der Waals surface area contributed by atoms with E-state index >= 15 is 0 Å². The second kappa shape index (κ2) is 10.6. The maximum absolute atomic E-state index is 13.2. The Bertz CT molecular complexity index is 1600. The van der Waals surface area contributed by atoms with Crippen LogP contribution in [0.5, 0.6) is 0 Å². The molecule has 1 aliphatic heterocycles. The van der Waals surface area contributed by atoms with Crippen LogP contribution in [0.1, 0.15) is 19.5 Å². The largest absolute Gasteiger partial charge is 0.478 e. The number of hydrogen-bond acceptors (Lipinski definition) is 12. The lowest BCUT2D eigenvalue weighted by Crippen LogP contribution is -2.73. The van der Waals surface area contributed by atoms with E-state index in [2.05, 4.69) is 25.8 Å². The predicted octanol–water partition coefficient (Wildman–Crippen LogP) is -1.41. The third-order valence-corrected chi connectivity index (χ3v) is 7.37. The molecule has 2 amide bonds. The predicted molar refractivity (Wildman–Crippen MR) is 137 cm³/mol. The first-order valence-electron chi connectivity index (χ1n) is 11.4. The van der Waals surface area contributed by atoms with Gasteiger partial charge in [-0.2, -0.15) is 8.42 Å². The van der Waals surface area contributed by atoms with Crippen LogP contribution in [0.25, 0.3) is 11.3 Å². The number of rotatable bonds is 10. The van der Waals surface area contributed by atoms with Gasteiger partial charge in [0, 0.05) is 23.1 Å². The highest BCUT2D eigenvalue weighted by Gasteiger charge is 2.54. The van der Waals surface area contributed by atoms with Crippen molar-refractivity contribution < 1.29 is 41.9 Å². The van der Waals surface area contributed by atoms with E-state index in [0.29, 0.717) is 5.69 Å². The number of thiazole rings is 1. The number of hydrogen-bond donors (Lipinski definition) is 4. The van der Waals surface area contributed by atoms with Gasteiger partial charge in [-0.05, 0) is 13.8 Å². The summed E-state index contributed by atoms with van der Waals surface area (Å²) < 4.78 is 36.8. The van der Waals surface area contributed by atoms with Crippen molar-refractivity contribution in [3.63, 3.8) is 0 Å². The molecule has 212 valence electrons. The molecule has 3 aromatic rings. The number of carboxylic acids is 1. The van der Waals surface area contributed by atoms with Gasteiger partial charge in [0.2, 0.25) is 5.60 Å². The zero-order valence-corrected chi connectivity index (χ0v) is 22.8. The van der Waals surface area contributed by atoms with Gasteiger partial charge in [0.1, 0.15) is 24.5 Å². The second-order valence-corrected chi connectivity index (χ2v) is 11.3. The monoisotopic (exact) mass is 594 g/mol. The Morgan fingerprint density at radius 2 is 2.00 bits per heavy atom. The first-order valence-corrected chi connectivity index (χ1v) is 13.6. The van der Waals surface area contributed by atoms with Gasteiger partial charge in [-0.15, -0.1) is 16.4 Å². The van der Waals surface area contributed by atoms with Crippen LogP contribution in [0.4, 0.5) is 5.13 Å². The van der Waals surface area contributed by atoms with E-state index in [0.717, 1.165) is 16.9 Å². The maximum Gasteiger partial charge on any atom is 0.362 e. The number of carboxylic acid groups (broad SMARTS) is 1. The number of nitrogen functional groups attached to an aromatic ring is 1. The summed E-state index contributed by atoms with van der Waals surface area (Å²) in [4.78, 5) is 46.3. The molecule has 4 heterocycles. The number of nitrogens with two attached hydrogens (primary N) is 1. The average Bonchev–Trinajstić information content (AvgIpc) is 3.51. The molecule has 40 heavy (non-hydrogen) atoms. The number of nitrogens with zero attached hydrogens (tertiary/aromatic N) is 7. The fourth-order valence-electron chi connectivity index (χ4n) is 3.53. The smallest absolute Gasteiger partial charge is 0.362 e. The Kier molecular flexibility index (Phi) is 7.55. The molecule has 2 atom stereocenters. The molecule has 0 saturated carbocycles. The van der Waals surface area contributed by atoms with Crippen LogP contribution in [0.2, 0.25) is 0 Å². The standard InChI is InChI=1S/C21H23N9O8S2/c1-21(2,19(33)34)38-26-15(13-10-39-20(22)23-13)17(31)24-16-14(30(18(16)32)40(35,36)37)9-29-8-12(25-27-29)11-4-6-28(3)7-5-11/h4-8,10,14,16H,9H2,1-3H3,(H4-,22,23,24,31,33,34,35,36,37)/p+1/b26-15-.